The minimum Gasteiger partial charge on any atom is -0.444 e. The highest BCUT2D eigenvalue weighted by Crippen LogP contribution is 2.26. The summed E-state index contributed by atoms with van der Waals surface area (Å²) in [6.45, 7) is 10.9. The van der Waals surface area contributed by atoms with Crippen molar-refractivity contribution in [2.24, 2.45) is 0 Å². The van der Waals surface area contributed by atoms with Crippen LogP contribution in [0.15, 0.2) is 17.5 Å². The van der Waals surface area contributed by atoms with Crippen LogP contribution in [0.4, 0.5) is 4.79 Å². The molecular formula is C18H30N2O2S. The number of hydrogen-bond donors (Lipinski definition) is 1. The van der Waals surface area contributed by atoms with Crippen molar-refractivity contribution in [1.29, 1.82) is 0 Å². The van der Waals surface area contributed by atoms with Gasteiger partial charge in [0.15, 0.2) is 0 Å². The molecule has 1 aromatic heterocycles. The van der Waals surface area contributed by atoms with Crippen LogP contribution in [-0.2, 0) is 4.74 Å². The zero-order valence-electron chi connectivity index (χ0n) is 15.0. The first kappa shape index (κ1) is 18.3. The second-order valence-electron chi connectivity index (χ2n) is 7.31. The Morgan fingerprint density at radius 3 is 2.83 bits per heavy atom. The molecule has 1 fully saturated rings. The number of nitrogens with zero attached hydrogens (tertiary/aromatic N) is 1. The highest BCUT2D eigenvalue weighted by Gasteiger charge is 2.34. The predicted molar refractivity (Wildman–Crippen MR) is 95.9 cm³/mol. The zero-order chi connectivity index (χ0) is 17.0. The number of likely N-dealkylation sites (tertiary alicyclic amines) is 1. The number of piperidine rings is 1. The van der Waals surface area contributed by atoms with Gasteiger partial charge in [-0.2, -0.15) is 0 Å². The normalized spacial score (nSPS) is 23.6. The van der Waals surface area contributed by atoms with Crippen LogP contribution in [0.5, 0.6) is 0 Å². The summed E-state index contributed by atoms with van der Waals surface area (Å²) in [5.41, 5.74) is -0.444. The van der Waals surface area contributed by atoms with Crippen LogP contribution in [0.1, 0.15) is 64.8 Å². The van der Waals surface area contributed by atoms with E-state index in [1.54, 1.807) is 11.3 Å². The van der Waals surface area contributed by atoms with Gasteiger partial charge in [-0.1, -0.05) is 13.0 Å². The smallest absolute Gasteiger partial charge is 0.410 e. The van der Waals surface area contributed by atoms with Crippen LogP contribution in [0.3, 0.4) is 0 Å². The molecule has 0 aromatic carbocycles. The summed E-state index contributed by atoms with van der Waals surface area (Å²) in [6.07, 6.45) is 2.97. The number of thiophene rings is 1. The Bertz CT molecular complexity index is 496. The average molecular weight is 339 g/mol. The Morgan fingerprint density at radius 1 is 1.52 bits per heavy atom. The monoisotopic (exact) mass is 338 g/mol. The molecule has 1 aliphatic rings. The maximum Gasteiger partial charge on any atom is 0.410 e. The summed E-state index contributed by atoms with van der Waals surface area (Å²) in [5, 5.41) is 5.89. The van der Waals surface area contributed by atoms with E-state index in [9.17, 15) is 4.79 Å². The van der Waals surface area contributed by atoms with Gasteiger partial charge in [-0.25, -0.2) is 4.79 Å². The van der Waals surface area contributed by atoms with Crippen LogP contribution in [0.2, 0.25) is 0 Å². The molecule has 0 aliphatic carbocycles. The minimum absolute atomic E-state index is 0.146. The van der Waals surface area contributed by atoms with Crippen molar-refractivity contribution in [3.63, 3.8) is 0 Å². The molecule has 3 atom stereocenters. The first-order valence-corrected chi connectivity index (χ1v) is 9.49. The Labute approximate surface area is 144 Å². The summed E-state index contributed by atoms with van der Waals surface area (Å²) in [4.78, 5) is 15.7. The van der Waals surface area contributed by atoms with E-state index in [4.69, 9.17) is 4.74 Å². The largest absolute Gasteiger partial charge is 0.444 e. The van der Waals surface area contributed by atoms with Crippen molar-refractivity contribution < 1.29 is 9.53 Å². The fourth-order valence-corrected chi connectivity index (χ4v) is 3.96. The highest BCUT2D eigenvalue weighted by molar-refractivity contribution is 7.10. The molecular weight excluding hydrogens is 308 g/mol. The van der Waals surface area contributed by atoms with Crippen molar-refractivity contribution in [2.45, 2.75) is 77.6 Å². The molecule has 23 heavy (non-hydrogen) atoms. The summed E-state index contributed by atoms with van der Waals surface area (Å²) < 4.78 is 5.56. The molecule has 5 heteroatoms. The van der Waals surface area contributed by atoms with Crippen LogP contribution >= 0.6 is 11.3 Å². The highest BCUT2D eigenvalue weighted by atomic mass is 32.1. The molecule has 2 heterocycles. The summed E-state index contributed by atoms with van der Waals surface area (Å²) in [5.74, 6) is 0. The summed E-state index contributed by atoms with van der Waals surface area (Å²) >= 11 is 1.79. The van der Waals surface area contributed by atoms with Gasteiger partial charge >= 0.3 is 6.09 Å². The molecule has 2 rings (SSSR count). The van der Waals surface area contributed by atoms with Crippen molar-refractivity contribution in [3.8, 4) is 0 Å². The number of amides is 1. The van der Waals surface area contributed by atoms with E-state index in [0.29, 0.717) is 12.1 Å². The third kappa shape index (κ3) is 4.95. The molecule has 1 N–H and O–H groups in total. The molecule has 0 bridgehead atoms. The Balaban J connectivity index is 2.01. The number of ether oxygens (including phenoxy) is 1. The topological polar surface area (TPSA) is 41.6 Å². The Hall–Kier alpha value is -1.07. The second kappa shape index (κ2) is 7.67. The van der Waals surface area contributed by atoms with Gasteiger partial charge < -0.3 is 15.0 Å². The van der Waals surface area contributed by atoms with Crippen molar-refractivity contribution in [3.05, 3.63) is 22.4 Å². The van der Waals surface area contributed by atoms with Gasteiger partial charge in [0, 0.05) is 29.5 Å². The van der Waals surface area contributed by atoms with E-state index in [2.05, 4.69) is 36.7 Å². The van der Waals surface area contributed by atoms with Crippen LogP contribution in [0, 0.1) is 0 Å². The SMILES string of the molecule is CCC(NC1CCCN(C(=O)OC(C)(C)C)C1C)c1cccs1. The van der Waals surface area contributed by atoms with Crippen molar-refractivity contribution in [1.82, 2.24) is 10.2 Å². The number of rotatable bonds is 4. The predicted octanol–water partition coefficient (Wildman–Crippen LogP) is 4.58. The van der Waals surface area contributed by atoms with Gasteiger partial charge in [-0.3, -0.25) is 0 Å². The maximum atomic E-state index is 12.4. The van der Waals surface area contributed by atoms with Gasteiger partial charge in [-0.15, -0.1) is 11.3 Å². The lowest BCUT2D eigenvalue weighted by Crippen LogP contribution is -2.55. The first-order chi connectivity index (χ1) is 10.8. The lowest BCUT2D eigenvalue weighted by atomic mass is 9.96. The third-order valence-electron chi connectivity index (χ3n) is 4.33. The van der Waals surface area contributed by atoms with E-state index in [-0.39, 0.29) is 12.1 Å². The standard InChI is InChI=1S/C18H30N2O2S/c1-6-14(16-10-8-12-23-16)19-15-9-7-11-20(13(15)2)17(21)22-18(3,4)5/h8,10,12-15,19H,6-7,9,11H2,1-5H3. The minimum atomic E-state index is -0.444. The lowest BCUT2D eigenvalue weighted by molar-refractivity contribution is 0.00629. The fourth-order valence-electron chi connectivity index (χ4n) is 3.09. The molecule has 4 nitrogen and oxygen atoms in total. The average Bonchev–Trinajstić information content (AvgIpc) is 2.98. The van der Waals surface area contributed by atoms with Crippen molar-refractivity contribution in [2.75, 3.05) is 6.54 Å². The number of carbonyl (C=O) groups excluding carboxylic acids is 1. The quantitative estimate of drug-likeness (QED) is 0.874. The molecule has 0 saturated carbocycles. The molecule has 1 aliphatic heterocycles. The van der Waals surface area contributed by atoms with E-state index < -0.39 is 5.60 Å². The van der Waals surface area contributed by atoms with Crippen LogP contribution in [-0.4, -0.2) is 35.2 Å². The molecule has 0 radical (unpaired) electrons. The number of nitrogens with one attached hydrogen (secondary N) is 1. The van der Waals surface area contributed by atoms with Gasteiger partial charge in [0.2, 0.25) is 0 Å². The molecule has 130 valence electrons. The summed E-state index contributed by atoms with van der Waals surface area (Å²) in [7, 11) is 0. The van der Waals surface area contributed by atoms with Crippen molar-refractivity contribution >= 4 is 17.4 Å². The molecule has 1 amide bonds. The molecule has 1 saturated heterocycles. The lowest BCUT2D eigenvalue weighted by Gasteiger charge is -2.41. The number of hydrogen-bond acceptors (Lipinski definition) is 4. The van der Waals surface area contributed by atoms with E-state index >= 15 is 0 Å². The summed E-state index contributed by atoms with van der Waals surface area (Å²) in [6, 6.07) is 5.10. The first-order valence-electron chi connectivity index (χ1n) is 8.61. The van der Waals surface area contributed by atoms with Gasteiger partial charge in [0.05, 0.1) is 0 Å². The van der Waals surface area contributed by atoms with Crippen LogP contribution in [0.25, 0.3) is 0 Å². The van der Waals surface area contributed by atoms with E-state index in [1.165, 1.54) is 4.88 Å². The number of carbonyl (C=O) groups is 1. The third-order valence-corrected chi connectivity index (χ3v) is 5.31. The fraction of sp³-hybridized carbons (Fsp3) is 0.722. The van der Waals surface area contributed by atoms with Gasteiger partial charge in [-0.05, 0) is 58.4 Å². The van der Waals surface area contributed by atoms with Crippen LogP contribution < -0.4 is 5.32 Å². The Kier molecular flexibility index (Phi) is 6.09. The molecule has 0 spiro atoms. The van der Waals surface area contributed by atoms with E-state index in [1.807, 2.05) is 25.7 Å². The zero-order valence-corrected chi connectivity index (χ0v) is 15.8. The Morgan fingerprint density at radius 2 is 2.26 bits per heavy atom. The maximum absolute atomic E-state index is 12.4. The van der Waals surface area contributed by atoms with Gasteiger partial charge in [0.25, 0.3) is 0 Å². The molecule has 1 aromatic rings. The van der Waals surface area contributed by atoms with E-state index in [0.717, 1.165) is 25.8 Å². The second-order valence-corrected chi connectivity index (χ2v) is 8.29. The molecule has 3 unspecified atom stereocenters. The van der Waals surface area contributed by atoms with Gasteiger partial charge in [0.1, 0.15) is 5.60 Å².